The van der Waals surface area contributed by atoms with Gasteiger partial charge in [0, 0.05) is 32.1 Å². The number of hydrogen-bond acceptors (Lipinski definition) is 8. The van der Waals surface area contributed by atoms with Gasteiger partial charge in [-0.05, 0) is 30.3 Å². The molecule has 2 saturated heterocycles. The number of nitriles is 1. The van der Waals surface area contributed by atoms with Crippen LogP contribution in [0.5, 0.6) is 0 Å². The van der Waals surface area contributed by atoms with Crippen LogP contribution in [0.1, 0.15) is 23.4 Å². The first-order valence-corrected chi connectivity index (χ1v) is 12.0. The van der Waals surface area contributed by atoms with E-state index in [1.54, 1.807) is 18.3 Å². The number of fused-ring (bicyclic) bond motifs is 2. The average Bonchev–Trinajstić information content (AvgIpc) is 3.51. The summed E-state index contributed by atoms with van der Waals surface area (Å²) in [6.07, 6.45) is 4.71. The van der Waals surface area contributed by atoms with Crippen molar-refractivity contribution < 1.29 is 9.47 Å². The molecule has 34 heavy (non-hydrogen) atoms. The number of nitrogens with zero attached hydrogens (tertiary/aromatic N) is 5. The van der Waals surface area contributed by atoms with Crippen LogP contribution >= 0.6 is 11.3 Å². The van der Waals surface area contributed by atoms with E-state index in [4.69, 9.17) is 14.5 Å². The first kappa shape index (κ1) is 21.0. The first-order chi connectivity index (χ1) is 16.7. The van der Waals surface area contributed by atoms with Gasteiger partial charge >= 0.3 is 0 Å². The van der Waals surface area contributed by atoms with E-state index < -0.39 is 5.79 Å². The van der Waals surface area contributed by atoms with Crippen LogP contribution in [-0.4, -0.2) is 46.5 Å². The molecular weight excluding hydrogens is 450 g/mol. The molecule has 2 aliphatic heterocycles. The molecule has 2 aliphatic rings. The minimum absolute atomic E-state index is 0.219. The zero-order valence-corrected chi connectivity index (χ0v) is 19.1. The van der Waals surface area contributed by atoms with Gasteiger partial charge in [0.1, 0.15) is 22.5 Å². The molecule has 8 nitrogen and oxygen atoms in total. The Bertz CT molecular complexity index is 1480. The standard InChI is InChI=1S/C25H21N5O3S/c26-16-17(23-27-19-5-1-2-6-20(19)34-23)15-18-22(28-21-7-3-4-10-30(21)24(18)31)29-11-8-25(9-12-29)32-13-14-33-25/h1-7,10,15H,8-9,11-14H2. The summed E-state index contributed by atoms with van der Waals surface area (Å²) in [6.45, 7) is 2.49. The Morgan fingerprint density at radius 1 is 1.09 bits per heavy atom. The Labute approximate surface area is 199 Å². The van der Waals surface area contributed by atoms with E-state index in [1.165, 1.54) is 15.7 Å². The fourth-order valence-electron chi connectivity index (χ4n) is 4.58. The smallest absolute Gasteiger partial charge is 0.267 e. The maximum atomic E-state index is 13.6. The third kappa shape index (κ3) is 3.56. The quantitative estimate of drug-likeness (QED) is 0.421. The molecule has 9 heteroatoms. The number of pyridine rings is 1. The molecule has 6 rings (SSSR count). The zero-order chi connectivity index (χ0) is 23.1. The van der Waals surface area contributed by atoms with E-state index >= 15 is 0 Å². The third-order valence-electron chi connectivity index (χ3n) is 6.32. The SMILES string of the molecule is N#CC(=Cc1c(N2CCC3(CC2)OCCO3)nc2ccccn2c1=O)c1nc2ccccc2s1. The Hall–Kier alpha value is -3.58. The van der Waals surface area contributed by atoms with Crippen molar-refractivity contribution in [2.24, 2.45) is 0 Å². The summed E-state index contributed by atoms with van der Waals surface area (Å²) in [4.78, 5) is 25.1. The highest BCUT2D eigenvalue weighted by molar-refractivity contribution is 7.19. The van der Waals surface area contributed by atoms with Gasteiger partial charge in [-0.2, -0.15) is 5.26 Å². The molecule has 3 aromatic heterocycles. The highest BCUT2D eigenvalue weighted by Gasteiger charge is 2.40. The molecule has 0 unspecified atom stereocenters. The predicted octanol–water partition coefficient (Wildman–Crippen LogP) is 3.71. The molecule has 0 atom stereocenters. The lowest BCUT2D eigenvalue weighted by atomic mass is 10.0. The summed E-state index contributed by atoms with van der Waals surface area (Å²) < 4.78 is 14.2. The van der Waals surface area contributed by atoms with Gasteiger partial charge in [-0.25, -0.2) is 9.97 Å². The molecule has 4 aromatic rings. The number of allylic oxidation sites excluding steroid dienone is 1. The fourth-order valence-corrected chi connectivity index (χ4v) is 5.51. The second-order valence-electron chi connectivity index (χ2n) is 8.33. The summed E-state index contributed by atoms with van der Waals surface area (Å²) in [5.41, 5.74) is 1.89. The Morgan fingerprint density at radius 3 is 2.62 bits per heavy atom. The summed E-state index contributed by atoms with van der Waals surface area (Å²) >= 11 is 1.43. The van der Waals surface area contributed by atoms with E-state index in [2.05, 4.69) is 16.0 Å². The predicted molar refractivity (Wildman–Crippen MR) is 131 cm³/mol. The number of para-hydroxylation sites is 1. The molecule has 0 saturated carbocycles. The van der Waals surface area contributed by atoms with E-state index in [9.17, 15) is 10.1 Å². The molecule has 0 N–H and O–H groups in total. The molecular formula is C25H21N5O3S. The lowest BCUT2D eigenvalue weighted by molar-refractivity contribution is -0.169. The summed E-state index contributed by atoms with van der Waals surface area (Å²) in [7, 11) is 0. The normalized spacial score (nSPS) is 18.1. The van der Waals surface area contributed by atoms with Crippen molar-refractivity contribution in [3.63, 3.8) is 0 Å². The van der Waals surface area contributed by atoms with Crippen LogP contribution in [0.25, 0.3) is 27.5 Å². The van der Waals surface area contributed by atoms with Crippen molar-refractivity contribution >= 4 is 44.7 Å². The zero-order valence-electron chi connectivity index (χ0n) is 18.3. The Kier molecular flexibility index (Phi) is 5.14. The fraction of sp³-hybridized carbons (Fsp3) is 0.280. The van der Waals surface area contributed by atoms with Crippen molar-refractivity contribution in [2.75, 3.05) is 31.2 Å². The highest BCUT2D eigenvalue weighted by Crippen LogP contribution is 2.34. The van der Waals surface area contributed by atoms with Crippen LogP contribution < -0.4 is 10.5 Å². The van der Waals surface area contributed by atoms with E-state index in [0.29, 0.717) is 66.8 Å². The van der Waals surface area contributed by atoms with Crippen LogP contribution in [0.4, 0.5) is 5.82 Å². The minimum atomic E-state index is -0.531. The lowest BCUT2D eigenvalue weighted by Gasteiger charge is -2.38. The van der Waals surface area contributed by atoms with E-state index in [0.717, 1.165) is 10.2 Å². The third-order valence-corrected chi connectivity index (χ3v) is 7.39. The van der Waals surface area contributed by atoms with Crippen LogP contribution in [0.3, 0.4) is 0 Å². The van der Waals surface area contributed by atoms with Gasteiger partial charge in [0.25, 0.3) is 5.56 Å². The summed E-state index contributed by atoms with van der Waals surface area (Å²) in [5, 5.41) is 10.6. The number of ether oxygens (including phenoxy) is 2. The second kappa shape index (κ2) is 8.33. The number of aromatic nitrogens is 3. The van der Waals surface area contributed by atoms with Crippen LogP contribution in [0.2, 0.25) is 0 Å². The van der Waals surface area contributed by atoms with Gasteiger partial charge in [0.05, 0.1) is 34.6 Å². The van der Waals surface area contributed by atoms with Crippen molar-refractivity contribution in [1.29, 1.82) is 5.26 Å². The number of piperidine rings is 1. The van der Waals surface area contributed by atoms with E-state index in [1.807, 2.05) is 36.4 Å². The average molecular weight is 472 g/mol. The van der Waals surface area contributed by atoms with Gasteiger partial charge < -0.3 is 14.4 Å². The summed E-state index contributed by atoms with van der Waals surface area (Å²) in [5.74, 6) is 0.0370. The molecule has 0 amide bonds. The topological polar surface area (TPSA) is 92.8 Å². The van der Waals surface area contributed by atoms with Crippen molar-refractivity contribution in [1.82, 2.24) is 14.4 Å². The van der Waals surface area contributed by atoms with Gasteiger partial charge in [-0.3, -0.25) is 9.20 Å². The minimum Gasteiger partial charge on any atom is -0.355 e. The molecule has 170 valence electrons. The maximum absolute atomic E-state index is 13.6. The largest absolute Gasteiger partial charge is 0.355 e. The number of thiazole rings is 1. The number of hydrogen-bond donors (Lipinski definition) is 0. The van der Waals surface area contributed by atoms with Crippen LogP contribution in [0.15, 0.2) is 53.5 Å². The molecule has 2 fully saturated rings. The van der Waals surface area contributed by atoms with Crippen molar-refractivity contribution in [2.45, 2.75) is 18.6 Å². The Morgan fingerprint density at radius 2 is 1.85 bits per heavy atom. The van der Waals surface area contributed by atoms with Crippen molar-refractivity contribution in [3.05, 3.63) is 69.6 Å². The first-order valence-electron chi connectivity index (χ1n) is 11.2. The molecule has 0 bridgehead atoms. The molecule has 0 radical (unpaired) electrons. The number of benzene rings is 1. The van der Waals surface area contributed by atoms with Gasteiger partial charge in [0.2, 0.25) is 0 Å². The molecule has 1 spiro atoms. The van der Waals surface area contributed by atoms with Crippen LogP contribution in [0, 0.1) is 11.3 Å². The van der Waals surface area contributed by atoms with Crippen molar-refractivity contribution in [3.8, 4) is 6.07 Å². The molecule has 0 aliphatic carbocycles. The van der Waals surface area contributed by atoms with Gasteiger partial charge in [-0.15, -0.1) is 11.3 Å². The second-order valence-corrected chi connectivity index (χ2v) is 9.36. The molecule has 5 heterocycles. The monoisotopic (exact) mass is 471 g/mol. The number of rotatable bonds is 3. The Balaban J connectivity index is 1.47. The lowest BCUT2D eigenvalue weighted by Crippen LogP contribution is -2.46. The van der Waals surface area contributed by atoms with Gasteiger partial charge in [0.15, 0.2) is 5.79 Å². The molecule has 1 aromatic carbocycles. The maximum Gasteiger partial charge on any atom is 0.267 e. The number of anilines is 1. The van der Waals surface area contributed by atoms with E-state index in [-0.39, 0.29) is 5.56 Å². The highest BCUT2D eigenvalue weighted by atomic mass is 32.1. The van der Waals surface area contributed by atoms with Gasteiger partial charge in [-0.1, -0.05) is 18.2 Å². The summed E-state index contributed by atoms with van der Waals surface area (Å²) in [6, 6.07) is 15.5. The van der Waals surface area contributed by atoms with Crippen LogP contribution in [-0.2, 0) is 9.47 Å².